The van der Waals surface area contributed by atoms with E-state index in [1.807, 2.05) is 6.92 Å². The van der Waals surface area contributed by atoms with Gasteiger partial charge in [0.2, 0.25) is 10.0 Å². The number of carboxylic acids is 2. The van der Waals surface area contributed by atoms with Crippen LogP contribution in [0.2, 0.25) is 0 Å². The highest BCUT2D eigenvalue weighted by molar-refractivity contribution is 7.92. The number of benzene rings is 1. The quantitative estimate of drug-likeness (QED) is 0.685. The minimum absolute atomic E-state index is 0.139. The predicted octanol–water partition coefficient (Wildman–Crippen LogP) is -1.04. The van der Waals surface area contributed by atoms with Crippen molar-refractivity contribution in [3.8, 4) is 0 Å². The fraction of sp³-hybridized carbons (Fsp3) is 0.333. The number of carbonyl (C=O) groups is 2. The summed E-state index contributed by atoms with van der Waals surface area (Å²) in [5, 5.41) is 21.5. The van der Waals surface area contributed by atoms with E-state index in [4.69, 9.17) is 0 Å². The van der Waals surface area contributed by atoms with Crippen molar-refractivity contribution in [1.29, 1.82) is 0 Å². The molecule has 7 nitrogen and oxygen atoms in total. The van der Waals surface area contributed by atoms with Gasteiger partial charge in [0, 0.05) is 5.69 Å². The molecule has 110 valence electrons. The molecule has 0 heterocycles. The van der Waals surface area contributed by atoms with E-state index in [9.17, 15) is 28.2 Å². The summed E-state index contributed by atoms with van der Waals surface area (Å²) in [7, 11) is -3.66. The summed E-state index contributed by atoms with van der Waals surface area (Å²) >= 11 is 0. The summed E-state index contributed by atoms with van der Waals surface area (Å²) in [6.07, 6.45) is 1.10. The molecule has 8 heteroatoms. The molecule has 0 saturated carbocycles. The highest BCUT2D eigenvalue weighted by Crippen LogP contribution is 2.16. The largest absolute Gasteiger partial charge is 0.545 e. The van der Waals surface area contributed by atoms with Crippen LogP contribution in [-0.2, 0) is 10.0 Å². The predicted molar refractivity (Wildman–Crippen MR) is 67.4 cm³/mol. The monoisotopic (exact) mass is 299 g/mol. The summed E-state index contributed by atoms with van der Waals surface area (Å²) in [5.74, 6) is -3.36. The van der Waals surface area contributed by atoms with Crippen molar-refractivity contribution in [3.05, 3.63) is 29.3 Å². The summed E-state index contributed by atoms with van der Waals surface area (Å²) in [6.45, 7) is 1.82. The molecule has 0 radical (unpaired) electrons. The molecule has 1 N–H and O–H groups in total. The van der Waals surface area contributed by atoms with Crippen molar-refractivity contribution >= 4 is 27.6 Å². The Bertz CT molecular complexity index is 591. The van der Waals surface area contributed by atoms with Crippen molar-refractivity contribution in [2.24, 2.45) is 0 Å². The highest BCUT2D eigenvalue weighted by atomic mass is 32.2. The van der Waals surface area contributed by atoms with Crippen LogP contribution in [0.15, 0.2) is 18.2 Å². The molecule has 20 heavy (non-hydrogen) atoms. The molecule has 1 aromatic carbocycles. The van der Waals surface area contributed by atoms with Crippen molar-refractivity contribution in [2.45, 2.75) is 19.8 Å². The molecular weight excluding hydrogens is 286 g/mol. The van der Waals surface area contributed by atoms with E-state index in [1.54, 1.807) is 0 Å². The van der Waals surface area contributed by atoms with Crippen molar-refractivity contribution in [2.75, 3.05) is 10.5 Å². The summed E-state index contributed by atoms with van der Waals surface area (Å²) in [4.78, 5) is 21.5. The van der Waals surface area contributed by atoms with Gasteiger partial charge in [0.05, 0.1) is 17.7 Å². The summed E-state index contributed by atoms with van der Waals surface area (Å²) in [6, 6.07) is 2.82. The van der Waals surface area contributed by atoms with Crippen LogP contribution in [0.25, 0.3) is 0 Å². The molecular formula is C12H13NO6S-2. The van der Waals surface area contributed by atoms with Crippen molar-refractivity contribution < 1.29 is 28.2 Å². The van der Waals surface area contributed by atoms with Crippen LogP contribution in [0, 0.1) is 0 Å². The van der Waals surface area contributed by atoms with Crippen LogP contribution >= 0.6 is 0 Å². The van der Waals surface area contributed by atoms with Gasteiger partial charge in [0.1, 0.15) is 0 Å². The number of sulfonamides is 1. The van der Waals surface area contributed by atoms with Gasteiger partial charge >= 0.3 is 0 Å². The first-order valence-electron chi connectivity index (χ1n) is 5.83. The van der Waals surface area contributed by atoms with E-state index in [1.165, 1.54) is 0 Å². The molecule has 1 aromatic rings. The lowest BCUT2D eigenvalue weighted by atomic mass is 10.1. The third kappa shape index (κ3) is 4.54. The van der Waals surface area contributed by atoms with E-state index in [0.717, 1.165) is 18.2 Å². The molecule has 0 aliphatic carbocycles. The number of carboxylic acid groups (broad SMARTS) is 2. The van der Waals surface area contributed by atoms with E-state index >= 15 is 0 Å². The molecule has 0 aromatic heterocycles. The Kier molecular flexibility index (Phi) is 5.09. The van der Waals surface area contributed by atoms with Crippen molar-refractivity contribution in [1.82, 2.24) is 0 Å². The van der Waals surface area contributed by atoms with Gasteiger partial charge in [-0.25, -0.2) is 8.42 Å². The molecule has 0 amide bonds. The zero-order valence-corrected chi connectivity index (χ0v) is 11.5. The molecule has 0 aliphatic rings. The van der Waals surface area contributed by atoms with E-state index in [0.29, 0.717) is 12.8 Å². The maximum Gasteiger partial charge on any atom is 0.232 e. The lowest BCUT2D eigenvalue weighted by molar-refractivity contribution is -0.255. The Balaban J connectivity index is 3.11. The number of aromatic carboxylic acids is 2. The lowest BCUT2D eigenvalue weighted by Crippen LogP contribution is -2.26. The maximum absolute atomic E-state index is 11.7. The van der Waals surface area contributed by atoms with Gasteiger partial charge in [0.25, 0.3) is 0 Å². The van der Waals surface area contributed by atoms with Crippen LogP contribution in [0.5, 0.6) is 0 Å². The van der Waals surface area contributed by atoms with Gasteiger partial charge in [-0.15, -0.1) is 0 Å². The molecule has 0 fully saturated rings. The molecule has 0 aliphatic heterocycles. The standard InChI is InChI=1S/C12H15NO6S/c1-2-3-4-20(18,19)13-10-6-8(11(14)15)5-9(7-10)12(16)17/h5-7,13H,2-4H2,1H3,(H,14,15)(H,16,17)/p-2. The molecule has 0 saturated heterocycles. The zero-order chi connectivity index (χ0) is 15.3. The first-order chi connectivity index (χ1) is 9.25. The van der Waals surface area contributed by atoms with E-state index in [2.05, 4.69) is 4.72 Å². The first-order valence-corrected chi connectivity index (χ1v) is 7.48. The SMILES string of the molecule is CCCCS(=O)(=O)Nc1cc(C(=O)[O-])cc(C(=O)[O-])c1. The van der Waals surface area contributed by atoms with Crippen LogP contribution in [-0.4, -0.2) is 26.1 Å². The number of anilines is 1. The van der Waals surface area contributed by atoms with Gasteiger partial charge in [-0.3, -0.25) is 4.72 Å². The second-order valence-corrected chi connectivity index (χ2v) is 5.99. The smallest absolute Gasteiger partial charge is 0.232 e. The molecule has 0 atom stereocenters. The van der Waals surface area contributed by atoms with Crippen LogP contribution in [0.4, 0.5) is 5.69 Å². The minimum Gasteiger partial charge on any atom is -0.545 e. The maximum atomic E-state index is 11.7. The average Bonchev–Trinajstić information content (AvgIpc) is 2.35. The molecule has 0 unspecified atom stereocenters. The Morgan fingerprint density at radius 1 is 1.10 bits per heavy atom. The molecule has 0 spiro atoms. The van der Waals surface area contributed by atoms with E-state index in [-0.39, 0.29) is 11.4 Å². The van der Waals surface area contributed by atoms with Crippen LogP contribution < -0.4 is 14.9 Å². The fourth-order valence-electron chi connectivity index (χ4n) is 1.49. The number of rotatable bonds is 7. The lowest BCUT2D eigenvalue weighted by Gasteiger charge is -2.13. The normalized spacial score (nSPS) is 11.1. The third-order valence-electron chi connectivity index (χ3n) is 2.44. The van der Waals surface area contributed by atoms with Gasteiger partial charge in [0.15, 0.2) is 0 Å². The second-order valence-electron chi connectivity index (χ2n) is 4.15. The van der Waals surface area contributed by atoms with Crippen molar-refractivity contribution in [3.63, 3.8) is 0 Å². The van der Waals surface area contributed by atoms with E-state index < -0.39 is 33.1 Å². The van der Waals surface area contributed by atoms with Crippen LogP contribution in [0.3, 0.4) is 0 Å². The fourth-order valence-corrected chi connectivity index (χ4v) is 2.73. The van der Waals surface area contributed by atoms with Gasteiger partial charge in [-0.2, -0.15) is 0 Å². The molecule has 0 bridgehead atoms. The number of carbonyl (C=O) groups excluding carboxylic acids is 2. The first kappa shape index (κ1) is 16.0. The Morgan fingerprint density at radius 2 is 1.60 bits per heavy atom. The van der Waals surface area contributed by atoms with Gasteiger partial charge in [-0.1, -0.05) is 13.3 Å². The zero-order valence-electron chi connectivity index (χ0n) is 10.7. The Morgan fingerprint density at radius 3 is 2.00 bits per heavy atom. The highest BCUT2D eigenvalue weighted by Gasteiger charge is 2.11. The second kappa shape index (κ2) is 6.38. The minimum atomic E-state index is -3.66. The van der Waals surface area contributed by atoms with Gasteiger partial charge < -0.3 is 19.8 Å². The number of nitrogens with one attached hydrogen (secondary N) is 1. The Labute approximate surface area is 116 Å². The number of hydrogen-bond donors (Lipinski definition) is 1. The summed E-state index contributed by atoms with van der Waals surface area (Å²) in [5.41, 5.74) is -1.04. The van der Waals surface area contributed by atoms with Crippen LogP contribution in [0.1, 0.15) is 40.5 Å². The Hall–Kier alpha value is -2.09. The molecule has 1 rings (SSSR count). The number of hydrogen-bond acceptors (Lipinski definition) is 6. The van der Waals surface area contributed by atoms with Gasteiger partial charge in [-0.05, 0) is 35.7 Å². The topological polar surface area (TPSA) is 126 Å². The number of unbranched alkanes of at least 4 members (excludes halogenated alkanes) is 1. The average molecular weight is 299 g/mol. The summed E-state index contributed by atoms with van der Waals surface area (Å²) < 4.78 is 25.5. The third-order valence-corrected chi connectivity index (χ3v) is 3.82.